The molecule has 0 atom stereocenters. The maximum absolute atomic E-state index is 10.6. The van der Waals surface area contributed by atoms with E-state index in [0.29, 0.717) is 5.92 Å². The molecule has 0 radical (unpaired) electrons. The summed E-state index contributed by atoms with van der Waals surface area (Å²) in [7, 11) is 0. The predicted octanol–water partition coefficient (Wildman–Crippen LogP) is 0.390. The standard InChI is InChI=1S/C5H7N3O.C2HF3O2/c1-4(2-6-1)5-8-7-3-9-5;3-2(4,5)1(6)7/h3-4,6H,1-2H2;(H,6,7). The predicted molar refractivity (Wildman–Crippen MR) is 43.6 cm³/mol. The number of carboxylic acids is 1. The summed E-state index contributed by atoms with van der Waals surface area (Å²) < 4.78 is 36.7. The zero-order valence-corrected chi connectivity index (χ0v) is 7.86. The lowest BCUT2D eigenvalue weighted by Crippen LogP contribution is -2.40. The highest BCUT2D eigenvalue weighted by Crippen LogP contribution is 2.15. The Morgan fingerprint density at radius 2 is 2.12 bits per heavy atom. The molecular formula is C7H8F3N3O3. The molecule has 0 bridgehead atoms. The number of nitrogens with one attached hydrogen (secondary N) is 1. The number of alkyl halides is 3. The van der Waals surface area contributed by atoms with E-state index in [2.05, 4.69) is 15.5 Å². The molecule has 2 rings (SSSR count). The number of aliphatic carboxylic acids is 1. The van der Waals surface area contributed by atoms with Crippen LogP contribution in [-0.4, -0.2) is 40.5 Å². The Morgan fingerprint density at radius 3 is 2.38 bits per heavy atom. The summed E-state index contributed by atoms with van der Waals surface area (Å²) in [5, 5.41) is 17.6. The molecule has 0 saturated carbocycles. The molecule has 0 unspecified atom stereocenters. The maximum atomic E-state index is 10.6. The topological polar surface area (TPSA) is 88.2 Å². The van der Waals surface area contributed by atoms with Crippen LogP contribution in [0.1, 0.15) is 11.8 Å². The van der Waals surface area contributed by atoms with E-state index in [1.54, 1.807) is 0 Å². The number of halogens is 3. The monoisotopic (exact) mass is 239 g/mol. The van der Waals surface area contributed by atoms with Crippen molar-refractivity contribution in [2.24, 2.45) is 0 Å². The van der Waals surface area contributed by atoms with Crippen molar-refractivity contribution in [2.45, 2.75) is 12.1 Å². The highest BCUT2D eigenvalue weighted by molar-refractivity contribution is 5.73. The molecule has 0 aliphatic carbocycles. The van der Waals surface area contributed by atoms with Gasteiger partial charge in [0.1, 0.15) is 0 Å². The van der Waals surface area contributed by atoms with Crippen LogP contribution in [0.15, 0.2) is 10.8 Å². The first kappa shape index (κ1) is 12.4. The van der Waals surface area contributed by atoms with Gasteiger partial charge in [-0.3, -0.25) is 0 Å². The fourth-order valence-electron chi connectivity index (χ4n) is 0.823. The second kappa shape index (κ2) is 4.92. The fraction of sp³-hybridized carbons (Fsp3) is 0.571. The summed E-state index contributed by atoms with van der Waals surface area (Å²) in [5.74, 6) is -1.53. The lowest BCUT2D eigenvalue weighted by Gasteiger charge is -2.22. The number of hydrogen-bond acceptors (Lipinski definition) is 5. The summed E-state index contributed by atoms with van der Waals surface area (Å²) in [6, 6.07) is 0. The fourth-order valence-corrected chi connectivity index (χ4v) is 0.823. The van der Waals surface area contributed by atoms with Crippen LogP contribution in [0.25, 0.3) is 0 Å². The van der Waals surface area contributed by atoms with E-state index in [0.717, 1.165) is 19.0 Å². The van der Waals surface area contributed by atoms with Gasteiger partial charge in [-0.2, -0.15) is 13.2 Å². The van der Waals surface area contributed by atoms with Crippen molar-refractivity contribution in [3.8, 4) is 0 Å². The zero-order chi connectivity index (χ0) is 12.2. The van der Waals surface area contributed by atoms with Crippen molar-refractivity contribution in [3.63, 3.8) is 0 Å². The first-order valence-corrected chi connectivity index (χ1v) is 4.18. The molecule has 9 heteroatoms. The van der Waals surface area contributed by atoms with Gasteiger partial charge in [-0.15, -0.1) is 10.2 Å². The molecule has 6 nitrogen and oxygen atoms in total. The molecule has 90 valence electrons. The first-order valence-electron chi connectivity index (χ1n) is 4.18. The highest BCUT2D eigenvalue weighted by atomic mass is 19.4. The second-order valence-corrected chi connectivity index (χ2v) is 2.94. The number of hydrogen-bond donors (Lipinski definition) is 2. The summed E-state index contributed by atoms with van der Waals surface area (Å²) in [5.41, 5.74) is 0. The van der Waals surface area contributed by atoms with Crippen molar-refractivity contribution in [1.29, 1.82) is 0 Å². The molecule has 1 saturated heterocycles. The molecule has 1 aromatic rings. The highest BCUT2D eigenvalue weighted by Gasteiger charge is 2.38. The molecule has 1 aromatic heterocycles. The summed E-state index contributed by atoms with van der Waals surface area (Å²) in [6.45, 7) is 1.95. The smallest absolute Gasteiger partial charge is 0.475 e. The second-order valence-electron chi connectivity index (χ2n) is 2.94. The minimum absolute atomic E-state index is 0.465. The molecule has 16 heavy (non-hydrogen) atoms. The van der Waals surface area contributed by atoms with E-state index in [1.165, 1.54) is 6.39 Å². The zero-order valence-electron chi connectivity index (χ0n) is 7.86. The Labute approximate surface area is 87.5 Å². The van der Waals surface area contributed by atoms with E-state index < -0.39 is 12.1 Å². The molecule has 1 aliphatic heterocycles. The number of nitrogens with zero attached hydrogens (tertiary/aromatic N) is 2. The molecule has 0 aromatic carbocycles. The molecular weight excluding hydrogens is 231 g/mol. The third-order valence-corrected chi connectivity index (χ3v) is 1.75. The quantitative estimate of drug-likeness (QED) is 0.737. The molecule has 0 amide bonds. The van der Waals surface area contributed by atoms with Gasteiger partial charge in [-0.05, 0) is 0 Å². The van der Waals surface area contributed by atoms with Gasteiger partial charge >= 0.3 is 12.1 Å². The van der Waals surface area contributed by atoms with Crippen LogP contribution in [0.5, 0.6) is 0 Å². The SMILES string of the molecule is O=C(O)C(F)(F)F.c1nnc(C2CNC2)o1. The summed E-state index contributed by atoms with van der Waals surface area (Å²) in [6.07, 6.45) is -3.71. The number of carboxylic acid groups (broad SMARTS) is 1. The Bertz CT molecular complexity index is 334. The Balaban J connectivity index is 0.000000168. The number of aromatic nitrogens is 2. The van der Waals surface area contributed by atoms with Crippen LogP contribution in [0.3, 0.4) is 0 Å². The first-order chi connectivity index (χ1) is 7.41. The van der Waals surface area contributed by atoms with E-state index in [1.807, 2.05) is 0 Å². The lowest BCUT2D eigenvalue weighted by molar-refractivity contribution is -0.192. The molecule has 2 N–H and O–H groups in total. The normalized spacial score (nSPS) is 15.9. The maximum Gasteiger partial charge on any atom is 0.490 e. The third kappa shape index (κ3) is 3.50. The minimum atomic E-state index is -5.08. The van der Waals surface area contributed by atoms with Crippen LogP contribution in [0.2, 0.25) is 0 Å². The lowest BCUT2D eigenvalue weighted by atomic mass is 10.0. The van der Waals surface area contributed by atoms with Crippen molar-refractivity contribution in [3.05, 3.63) is 12.3 Å². The van der Waals surface area contributed by atoms with Gasteiger partial charge in [0.2, 0.25) is 12.3 Å². The van der Waals surface area contributed by atoms with Crippen molar-refractivity contribution >= 4 is 5.97 Å². The third-order valence-electron chi connectivity index (χ3n) is 1.75. The molecule has 1 aliphatic rings. The Morgan fingerprint density at radius 1 is 1.56 bits per heavy atom. The van der Waals surface area contributed by atoms with E-state index in [9.17, 15) is 13.2 Å². The minimum Gasteiger partial charge on any atom is -0.475 e. The average Bonchev–Trinajstić information content (AvgIpc) is 2.53. The van der Waals surface area contributed by atoms with Crippen LogP contribution in [-0.2, 0) is 4.79 Å². The van der Waals surface area contributed by atoms with Gasteiger partial charge < -0.3 is 14.8 Å². The van der Waals surface area contributed by atoms with Gasteiger partial charge in [-0.1, -0.05) is 0 Å². The largest absolute Gasteiger partial charge is 0.490 e. The van der Waals surface area contributed by atoms with Crippen LogP contribution >= 0.6 is 0 Å². The van der Waals surface area contributed by atoms with Crippen molar-refractivity contribution < 1.29 is 27.5 Å². The summed E-state index contributed by atoms with van der Waals surface area (Å²) in [4.78, 5) is 8.90. The van der Waals surface area contributed by atoms with Crippen molar-refractivity contribution in [2.75, 3.05) is 13.1 Å². The molecule has 0 spiro atoms. The van der Waals surface area contributed by atoms with Crippen molar-refractivity contribution in [1.82, 2.24) is 15.5 Å². The van der Waals surface area contributed by atoms with Crippen LogP contribution < -0.4 is 5.32 Å². The van der Waals surface area contributed by atoms with Gasteiger partial charge in [0, 0.05) is 13.1 Å². The number of rotatable bonds is 1. The van der Waals surface area contributed by atoms with E-state index >= 15 is 0 Å². The van der Waals surface area contributed by atoms with E-state index in [4.69, 9.17) is 14.3 Å². The van der Waals surface area contributed by atoms with Gasteiger partial charge in [-0.25, -0.2) is 4.79 Å². The summed E-state index contributed by atoms with van der Waals surface area (Å²) >= 11 is 0. The Hall–Kier alpha value is -1.64. The average molecular weight is 239 g/mol. The Kier molecular flexibility index (Phi) is 3.82. The van der Waals surface area contributed by atoms with Crippen LogP contribution in [0, 0.1) is 0 Å². The van der Waals surface area contributed by atoms with Gasteiger partial charge in [0.05, 0.1) is 5.92 Å². The van der Waals surface area contributed by atoms with Gasteiger partial charge in [0.25, 0.3) is 0 Å². The molecule has 2 heterocycles. The molecule has 1 fully saturated rings. The van der Waals surface area contributed by atoms with Crippen LogP contribution in [0.4, 0.5) is 13.2 Å². The van der Waals surface area contributed by atoms with E-state index in [-0.39, 0.29) is 0 Å². The number of carbonyl (C=O) groups is 1. The van der Waals surface area contributed by atoms with Gasteiger partial charge in [0.15, 0.2) is 0 Å².